The SMILES string of the molecule is CCc1csc(C(=C2CCN(CCCC(=O)N3CCCC3)CC2)c2ccc(F)cc2)c1.Cl.Cl. The molecule has 0 aliphatic carbocycles. The number of piperidine rings is 1. The topological polar surface area (TPSA) is 23.6 Å². The van der Waals surface area contributed by atoms with E-state index < -0.39 is 0 Å². The van der Waals surface area contributed by atoms with Crippen molar-refractivity contribution in [2.45, 2.75) is 51.9 Å². The zero-order chi connectivity index (χ0) is 21.6. The Morgan fingerprint density at radius 1 is 1.03 bits per heavy atom. The number of benzene rings is 1. The van der Waals surface area contributed by atoms with Crippen LogP contribution in [-0.4, -0.2) is 48.4 Å². The molecule has 0 atom stereocenters. The van der Waals surface area contributed by atoms with Crippen molar-refractivity contribution < 1.29 is 9.18 Å². The molecule has 0 unspecified atom stereocenters. The summed E-state index contributed by atoms with van der Waals surface area (Å²) >= 11 is 1.80. The third-order valence-corrected chi connectivity index (χ3v) is 7.57. The minimum absolute atomic E-state index is 0. The Hall–Kier alpha value is -1.40. The lowest BCUT2D eigenvalue weighted by molar-refractivity contribution is -0.130. The number of carbonyl (C=O) groups excluding carboxylic acids is 1. The largest absolute Gasteiger partial charge is 0.343 e. The van der Waals surface area contributed by atoms with Crippen molar-refractivity contribution in [3.05, 3.63) is 63.1 Å². The van der Waals surface area contributed by atoms with Gasteiger partial charge in [-0.2, -0.15) is 0 Å². The van der Waals surface area contributed by atoms with Crippen LogP contribution in [0.3, 0.4) is 0 Å². The average Bonchev–Trinajstić information content (AvgIpc) is 3.49. The molecular weight excluding hydrogens is 478 g/mol. The van der Waals surface area contributed by atoms with Crippen LogP contribution in [-0.2, 0) is 11.2 Å². The number of hydrogen-bond acceptors (Lipinski definition) is 3. The first-order valence-corrected chi connectivity index (χ1v) is 12.6. The van der Waals surface area contributed by atoms with Crippen molar-refractivity contribution in [3.8, 4) is 0 Å². The van der Waals surface area contributed by atoms with Gasteiger partial charge in [-0.1, -0.05) is 24.6 Å². The molecule has 7 heteroatoms. The molecule has 0 saturated carbocycles. The Bertz CT molecular complexity index is 913. The van der Waals surface area contributed by atoms with E-state index in [4.69, 9.17) is 0 Å². The second-order valence-corrected chi connectivity index (χ2v) is 9.60. The predicted octanol–water partition coefficient (Wildman–Crippen LogP) is 6.59. The number of halogens is 3. The molecule has 2 fully saturated rings. The van der Waals surface area contributed by atoms with Gasteiger partial charge in [0, 0.05) is 37.5 Å². The molecule has 1 aromatic carbocycles. The first kappa shape index (κ1) is 27.8. The number of carbonyl (C=O) groups is 1. The van der Waals surface area contributed by atoms with Gasteiger partial charge >= 0.3 is 0 Å². The van der Waals surface area contributed by atoms with Gasteiger partial charge in [0.2, 0.25) is 5.91 Å². The number of nitrogens with zero attached hydrogens (tertiary/aromatic N) is 2. The van der Waals surface area contributed by atoms with Crippen LogP contribution >= 0.6 is 36.2 Å². The van der Waals surface area contributed by atoms with Gasteiger partial charge in [-0.25, -0.2) is 4.39 Å². The summed E-state index contributed by atoms with van der Waals surface area (Å²) in [6.07, 6.45) is 7.05. The normalized spacial score (nSPS) is 16.3. The molecule has 4 rings (SSSR count). The van der Waals surface area contributed by atoms with E-state index >= 15 is 0 Å². The van der Waals surface area contributed by atoms with Gasteiger partial charge in [0.05, 0.1) is 0 Å². The third kappa shape index (κ3) is 7.29. The van der Waals surface area contributed by atoms with E-state index in [2.05, 4.69) is 23.3 Å². The Balaban J connectivity index is 0.00000193. The molecule has 3 heterocycles. The van der Waals surface area contributed by atoms with Crippen LogP contribution in [0.5, 0.6) is 0 Å². The van der Waals surface area contributed by atoms with Gasteiger partial charge in [0.25, 0.3) is 0 Å². The molecule has 2 aliphatic heterocycles. The number of hydrogen-bond donors (Lipinski definition) is 0. The van der Waals surface area contributed by atoms with Crippen LogP contribution in [0.25, 0.3) is 5.57 Å². The molecule has 0 radical (unpaired) electrons. The maximum absolute atomic E-state index is 13.5. The Morgan fingerprint density at radius 2 is 1.70 bits per heavy atom. The molecule has 182 valence electrons. The van der Waals surface area contributed by atoms with Gasteiger partial charge in [0.15, 0.2) is 0 Å². The van der Waals surface area contributed by atoms with Crippen molar-refractivity contribution >= 4 is 47.6 Å². The number of amides is 1. The Labute approximate surface area is 213 Å². The zero-order valence-corrected chi connectivity index (χ0v) is 21.8. The van der Waals surface area contributed by atoms with Crippen LogP contribution < -0.4 is 0 Å². The fraction of sp³-hybridized carbons (Fsp3) is 0.500. The first-order chi connectivity index (χ1) is 15.1. The van der Waals surface area contributed by atoms with E-state index in [0.717, 1.165) is 76.8 Å². The molecule has 0 spiro atoms. The Morgan fingerprint density at radius 3 is 2.30 bits per heavy atom. The van der Waals surface area contributed by atoms with E-state index in [1.807, 2.05) is 17.0 Å². The maximum Gasteiger partial charge on any atom is 0.222 e. The average molecular weight is 514 g/mol. The smallest absolute Gasteiger partial charge is 0.222 e. The molecule has 0 bridgehead atoms. The molecule has 0 N–H and O–H groups in total. The summed E-state index contributed by atoms with van der Waals surface area (Å²) in [6.45, 7) is 7.14. The summed E-state index contributed by atoms with van der Waals surface area (Å²) in [4.78, 5) is 18.1. The van der Waals surface area contributed by atoms with E-state index in [-0.39, 0.29) is 30.6 Å². The molecule has 1 amide bonds. The van der Waals surface area contributed by atoms with Crippen LogP contribution in [0.15, 0.2) is 41.3 Å². The van der Waals surface area contributed by atoms with Crippen LogP contribution in [0, 0.1) is 5.82 Å². The minimum atomic E-state index is -0.188. The number of aryl methyl sites for hydroxylation is 1. The zero-order valence-electron chi connectivity index (χ0n) is 19.4. The second-order valence-electron chi connectivity index (χ2n) is 8.69. The summed E-state index contributed by atoms with van der Waals surface area (Å²) in [5.41, 5.74) is 5.25. The molecule has 2 saturated heterocycles. The predicted molar refractivity (Wildman–Crippen MR) is 141 cm³/mol. The summed E-state index contributed by atoms with van der Waals surface area (Å²) < 4.78 is 13.5. The van der Waals surface area contributed by atoms with E-state index in [9.17, 15) is 9.18 Å². The number of thiophene rings is 1. The van der Waals surface area contributed by atoms with Crippen molar-refractivity contribution in [1.82, 2.24) is 9.80 Å². The van der Waals surface area contributed by atoms with Gasteiger partial charge in [-0.05, 0) is 85.3 Å². The van der Waals surface area contributed by atoms with Gasteiger partial charge < -0.3 is 9.80 Å². The number of likely N-dealkylation sites (tertiary alicyclic amines) is 2. The fourth-order valence-corrected chi connectivity index (χ4v) is 5.82. The molecule has 33 heavy (non-hydrogen) atoms. The highest BCUT2D eigenvalue weighted by Gasteiger charge is 2.21. The van der Waals surface area contributed by atoms with Crippen LogP contribution in [0.4, 0.5) is 4.39 Å². The lowest BCUT2D eigenvalue weighted by Gasteiger charge is -2.30. The summed E-state index contributed by atoms with van der Waals surface area (Å²) in [5.74, 6) is 0.143. The fourth-order valence-electron chi connectivity index (χ4n) is 4.70. The summed E-state index contributed by atoms with van der Waals surface area (Å²) in [6, 6.07) is 9.26. The highest BCUT2D eigenvalue weighted by Crippen LogP contribution is 2.36. The quantitative estimate of drug-likeness (QED) is 0.417. The van der Waals surface area contributed by atoms with E-state index in [0.29, 0.717) is 12.3 Å². The van der Waals surface area contributed by atoms with Gasteiger partial charge in [-0.3, -0.25) is 4.79 Å². The molecular formula is C26H35Cl2FN2OS. The number of rotatable bonds is 7. The van der Waals surface area contributed by atoms with Crippen molar-refractivity contribution in [2.75, 3.05) is 32.7 Å². The van der Waals surface area contributed by atoms with Gasteiger partial charge in [0.1, 0.15) is 5.82 Å². The first-order valence-electron chi connectivity index (χ1n) is 11.7. The van der Waals surface area contributed by atoms with E-state index in [1.165, 1.54) is 21.6 Å². The summed E-state index contributed by atoms with van der Waals surface area (Å²) in [5, 5.41) is 2.24. The van der Waals surface area contributed by atoms with E-state index in [1.54, 1.807) is 23.5 Å². The second kappa shape index (κ2) is 13.5. The lowest BCUT2D eigenvalue weighted by Crippen LogP contribution is -2.33. The highest BCUT2D eigenvalue weighted by atomic mass is 35.5. The van der Waals surface area contributed by atoms with Crippen molar-refractivity contribution in [3.63, 3.8) is 0 Å². The molecule has 2 aromatic rings. The van der Waals surface area contributed by atoms with Gasteiger partial charge in [-0.15, -0.1) is 36.2 Å². The standard InChI is InChI=1S/C26H33FN2OS.2ClH/c1-2-20-18-24(31-19-20)26(21-7-9-23(27)10-8-21)22-11-16-28(17-12-22)13-5-6-25(30)29-14-3-4-15-29;;/h7-10,18-19H,2-6,11-17H2,1H3;2*1H. The van der Waals surface area contributed by atoms with Crippen LogP contribution in [0.1, 0.15) is 61.5 Å². The van der Waals surface area contributed by atoms with Crippen LogP contribution in [0.2, 0.25) is 0 Å². The van der Waals surface area contributed by atoms with Crippen molar-refractivity contribution in [2.24, 2.45) is 0 Å². The molecule has 1 aromatic heterocycles. The van der Waals surface area contributed by atoms with Crippen molar-refractivity contribution in [1.29, 1.82) is 0 Å². The minimum Gasteiger partial charge on any atom is -0.343 e. The monoisotopic (exact) mass is 512 g/mol. The lowest BCUT2D eigenvalue weighted by atomic mass is 9.91. The summed E-state index contributed by atoms with van der Waals surface area (Å²) in [7, 11) is 0. The third-order valence-electron chi connectivity index (χ3n) is 6.58. The Kier molecular flexibility index (Phi) is 11.4. The highest BCUT2D eigenvalue weighted by molar-refractivity contribution is 7.11. The molecule has 3 nitrogen and oxygen atoms in total. The maximum atomic E-state index is 13.5. The molecule has 2 aliphatic rings.